The normalized spacial score (nSPS) is 12.3. The van der Waals surface area contributed by atoms with Gasteiger partial charge in [-0.05, 0) is 18.6 Å². The maximum Gasteiger partial charge on any atom is 0.282 e. The Balaban J connectivity index is 3.26. The first-order chi connectivity index (χ1) is 8.22. The average molecular weight is 293 g/mol. The van der Waals surface area contributed by atoms with Crippen LogP contribution in [0.1, 0.15) is 13.3 Å². The summed E-state index contributed by atoms with van der Waals surface area (Å²) in [6.45, 7) is 1.54. The second kappa shape index (κ2) is 5.02. The van der Waals surface area contributed by atoms with Crippen molar-refractivity contribution in [3.8, 4) is 0 Å². The van der Waals surface area contributed by atoms with E-state index in [2.05, 4.69) is 0 Å². The molecule has 0 spiro atoms. The van der Waals surface area contributed by atoms with Crippen molar-refractivity contribution in [2.45, 2.75) is 18.2 Å². The van der Waals surface area contributed by atoms with Crippen molar-refractivity contribution in [2.75, 3.05) is 5.75 Å². The van der Waals surface area contributed by atoms with Crippen LogP contribution in [0.2, 0.25) is 0 Å². The summed E-state index contributed by atoms with van der Waals surface area (Å²) in [7, 11) is -8.79. The number of nitrogens with zero attached hydrogens (tertiary/aromatic N) is 1. The second-order valence-corrected chi connectivity index (χ2v) is 9.21. The molecule has 9 heteroatoms. The maximum atomic E-state index is 11.8. The number of non-ortho nitro benzene ring substituents is 1. The lowest BCUT2D eigenvalue weighted by Crippen LogP contribution is -2.18. The van der Waals surface area contributed by atoms with E-state index in [0.29, 0.717) is 0 Å². The van der Waals surface area contributed by atoms with Crippen LogP contribution in [0, 0.1) is 10.1 Å². The summed E-state index contributed by atoms with van der Waals surface area (Å²) in [6.07, 6.45) is 0.175. The second-order valence-electron chi connectivity index (χ2n) is 3.47. The van der Waals surface area contributed by atoms with E-state index < -0.39 is 33.3 Å². The zero-order valence-electron chi connectivity index (χ0n) is 9.44. The third-order valence-corrected chi connectivity index (χ3v) is 7.63. The number of nitro groups is 1. The molecule has 0 heterocycles. The number of hydrogen-bond donors (Lipinski definition) is 0. The fourth-order valence-electron chi connectivity index (χ4n) is 1.24. The van der Waals surface area contributed by atoms with Crippen LogP contribution in [-0.4, -0.2) is 27.5 Å². The number of nitro benzene ring substituents is 1. The standard InChI is InChI=1S/C9H11NO6S2/c1-2-7-17(13,14)18(15,16)9-5-3-8(4-6-9)10(11)12/h3-6H,2,7H2,1H3. The fourth-order valence-corrected chi connectivity index (χ4v) is 5.09. The van der Waals surface area contributed by atoms with E-state index in [1.807, 2.05) is 0 Å². The summed E-state index contributed by atoms with van der Waals surface area (Å²) in [6, 6.07) is 3.74. The Morgan fingerprint density at radius 2 is 1.61 bits per heavy atom. The highest BCUT2D eigenvalue weighted by Gasteiger charge is 2.31. The fraction of sp³-hybridized carbons (Fsp3) is 0.333. The number of hydrogen-bond acceptors (Lipinski definition) is 6. The van der Waals surface area contributed by atoms with E-state index in [4.69, 9.17) is 0 Å². The largest absolute Gasteiger partial charge is 0.282 e. The topological polar surface area (TPSA) is 111 Å². The van der Waals surface area contributed by atoms with Gasteiger partial charge in [-0.25, -0.2) is 16.8 Å². The summed E-state index contributed by atoms with van der Waals surface area (Å²) >= 11 is 0. The lowest BCUT2D eigenvalue weighted by molar-refractivity contribution is -0.384. The summed E-state index contributed by atoms with van der Waals surface area (Å²) in [5.74, 6) is -0.480. The molecule has 0 saturated heterocycles. The van der Waals surface area contributed by atoms with Gasteiger partial charge in [0.2, 0.25) is 0 Å². The molecule has 0 aliphatic rings. The smallest absolute Gasteiger partial charge is 0.258 e. The molecule has 0 unspecified atom stereocenters. The first kappa shape index (κ1) is 14.6. The van der Waals surface area contributed by atoms with E-state index in [1.54, 1.807) is 6.92 Å². The predicted octanol–water partition coefficient (Wildman–Crippen LogP) is 1.11. The minimum absolute atomic E-state index is 0.175. The lowest BCUT2D eigenvalue weighted by Gasteiger charge is -2.04. The molecule has 1 rings (SSSR count). The molecule has 0 N–H and O–H groups in total. The van der Waals surface area contributed by atoms with Gasteiger partial charge >= 0.3 is 0 Å². The Morgan fingerprint density at radius 1 is 1.11 bits per heavy atom. The maximum absolute atomic E-state index is 11.8. The van der Waals surface area contributed by atoms with E-state index in [-0.39, 0.29) is 12.1 Å². The van der Waals surface area contributed by atoms with Crippen molar-refractivity contribution in [3.63, 3.8) is 0 Å². The van der Waals surface area contributed by atoms with Crippen molar-refractivity contribution >= 4 is 23.4 Å². The highest BCUT2D eigenvalue weighted by Crippen LogP contribution is 2.21. The molecule has 18 heavy (non-hydrogen) atoms. The summed E-state index contributed by atoms with van der Waals surface area (Å²) in [5, 5.41) is 10.4. The summed E-state index contributed by atoms with van der Waals surface area (Å²) in [4.78, 5) is 9.24. The summed E-state index contributed by atoms with van der Waals surface area (Å²) in [5.41, 5.74) is -0.304. The Labute approximate surface area is 104 Å². The highest BCUT2D eigenvalue weighted by atomic mass is 33.2. The van der Waals surface area contributed by atoms with Gasteiger partial charge in [0.05, 0.1) is 15.6 Å². The molecule has 0 saturated carbocycles. The minimum atomic E-state index is -4.49. The van der Waals surface area contributed by atoms with Crippen molar-refractivity contribution in [2.24, 2.45) is 0 Å². The van der Waals surface area contributed by atoms with Gasteiger partial charge in [-0.1, -0.05) is 6.92 Å². The molecule has 0 radical (unpaired) electrons. The quantitative estimate of drug-likeness (QED) is 0.456. The van der Waals surface area contributed by atoms with Crippen LogP contribution in [-0.2, 0) is 17.7 Å². The van der Waals surface area contributed by atoms with Crippen LogP contribution in [0.4, 0.5) is 5.69 Å². The van der Waals surface area contributed by atoms with Gasteiger partial charge in [0.15, 0.2) is 0 Å². The van der Waals surface area contributed by atoms with Gasteiger partial charge in [0, 0.05) is 12.1 Å². The molecule has 0 amide bonds. The monoisotopic (exact) mass is 293 g/mol. The molecule has 0 bridgehead atoms. The molecule has 7 nitrogen and oxygen atoms in total. The van der Waals surface area contributed by atoms with Crippen LogP contribution >= 0.6 is 0 Å². The molecule has 1 aromatic rings. The predicted molar refractivity (Wildman–Crippen MR) is 64.4 cm³/mol. The van der Waals surface area contributed by atoms with Crippen molar-refractivity contribution in [1.29, 1.82) is 0 Å². The van der Waals surface area contributed by atoms with E-state index in [9.17, 15) is 26.9 Å². The van der Waals surface area contributed by atoms with Crippen LogP contribution in [0.15, 0.2) is 29.2 Å². The Bertz CT molecular complexity index is 645. The Morgan fingerprint density at radius 3 is 2.00 bits per heavy atom. The van der Waals surface area contributed by atoms with Gasteiger partial charge in [-0.3, -0.25) is 10.1 Å². The molecular formula is C9H11NO6S2. The SMILES string of the molecule is CCCS(=O)(=O)S(=O)(=O)c1ccc([N+](=O)[O-])cc1. The van der Waals surface area contributed by atoms with Crippen LogP contribution < -0.4 is 0 Å². The van der Waals surface area contributed by atoms with E-state index in [1.165, 1.54) is 0 Å². The van der Waals surface area contributed by atoms with Gasteiger partial charge in [0.25, 0.3) is 23.4 Å². The van der Waals surface area contributed by atoms with Crippen LogP contribution in [0.3, 0.4) is 0 Å². The van der Waals surface area contributed by atoms with Gasteiger partial charge in [-0.2, -0.15) is 0 Å². The van der Waals surface area contributed by atoms with Crippen molar-refractivity contribution in [3.05, 3.63) is 34.4 Å². The Hall–Kier alpha value is -1.48. The molecule has 0 atom stereocenters. The van der Waals surface area contributed by atoms with Gasteiger partial charge in [-0.15, -0.1) is 0 Å². The van der Waals surface area contributed by atoms with Crippen LogP contribution in [0.25, 0.3) is 0 Å². The zero-order valence-corrected chi connectivity index (χ0v) is 11.1. The molecule has 0 aromatic heterocycles. The van der Waals surface area contributed by atoms with Crippen molar-refractivity contribution in [1.82, 2.24) is 0 Å². The first-order valence-electron chi connectivity index (χ1n) is 4.94. The molecule has 0 aliphatic carbocycles. The molecule has 1 aromatic carbocycles. The minimum Gasteiger partial charge on any atom is -0.258 e. The van der Waals surface area contributed by atoms with E-state index >= 15 is 0 Å². The van der Waals surface area contributed by atoms with Crippen LogP contribution in [0.5, 0.6) is 0 Å². The Kier molecular flexibility index (Phi) is 4.07. The molecular weight excluding hydrogens is 282 g/mol. The highest BCUT2D eigenvalue weighted by molar-refractivity contribution is 8.67. The first-order valence-corrected chi connectivity index (χ1v) is 8.60. The lowest BCUT2D eigenvalue weighted by atomic mass is 10.3. The summed E-state index contributed by atoms with van der Waals surface area (Å²) < 4.78 is 46.6. The van der Waals surface area contributed by atoms with E-state index in [0.717, 1.165) is 24.3 Å². The molecule has 100 valence electrons. The molecule has 0 fully saturated rings. The third kappa shape index (κ3) is 2.67. The number of benzene rings is 1. The molecule has 0 aliphatic heterocycles. The third-order valence-electron chi connectivity index (χ3n) is 2.12. The zero-order chi connectivity index (χ0) is 14.0. The van der Waals surface area contributed by atoms with Crippen molar-refractivity contribution < 1.29 is 21.8 Å². The van der Waals surface area contributed by atoms with Gasteiger partial charge < -0.3 is 0 Å². The number of rotatable bonds is 5. The average Bonchev–Trinajstić information content (AvgIpc) is 2.28. The van der Waals surface area contributed by atoms with Gasteiger partial charge in [0.1, 0.15) is 0 Å².